The zero-order valence-electron chi connectivity index (χ0n) is 18.9. The van der Waals surface area contributed by atoms with Crippen molar-refractivity contribution in [3.63, 3.8) is 0 Å². The molecule has 0 radical (unpaired) electrons. The van der Waals surface area contributed by atoms with Crippen molar-refractivity contribution in [1.82, 2.24) is 9.97 Å². The van der Waals surface area contributed by atoms with Crippen molar-refractivity contribution < 1.29 is 19.1 Å². The molecular formula is C23H29N5O4. The smallest absolute Gasteiger partial charge is 0.337 e. The lowest BCUT2D eigenvalue weighted by atomic mass is 10.0. The summed E-state index contributed by atoms with van der Waals surface area (Å²) < 4.78 is 10.2. The van der Waals surface area contributed by atoms with Crippen LogP contribution in [0, 0.1) is 0 Å². The van der Waals surface area contributed by atoms with Crippen molar-refractivity contribution in [1.29, 1.82) is 0 Å². The third-order valence-electron chi connectivity index (χ3n) is 6.28. The average Bonchev–Trinajstić information content (AvgIpc) is 3.35. The number of anilines is 4. The molecule has 0 spiro atoms. The number of likely N-dealkylation sites (N-methyl/N-ethyl adjacent to an activating group) is 1. The highest BCUT2D eigenvalue weighted by Crippen LogP contribution is 2.40. The number of amides is 1. The monoisotopic (exact) mass is 439 g/mol. The topological polar surface area (TPSA) is 96.9 Å². The lowest BCUT2D eigenvalue weighted by Crippen LogP contribution is -2.55. The van der Waals surface area contributed by atoms with E-state index in [9.17, 15) is 9.59 Å². The second-order valence-corrected chi connectivity index (χ2v) is 8.10. The van der Waals surface area contributed by atoms with Gasteiger partial charge in [-0.3, -0.25) is 4.79 Å². The molecule has 0 unspecified atom stereocenters. The van der Waals surface area contributed by atoms with Crippen LogP contribution in [-0.4, -0.2) is 55.2 Å². The minimum atomic E-state index is -0.439. The normalized spacial score (nSPS) is 18.5. The van der Waals surface area contributed by atoms with E-state index in [1.54, 1.807) is 36.3 Å². The van der Waals surface area contributed by atoms with E-state index in [1.165, 1.54) is 14.2 Å². The Labute approximate surface area is 187 Å². The van der Waals surface area contributed by atoms with Gasteiger partial charge in [-0.05, 0) is 37.5 Å². The van der Waals surface area contributed by atoms with Crippen molar-refractivity contribution in [3.05, 3.63) is 30.0 Å². The van der Waals surface area contributed by atoms with Gasteiger partial charge in [0.25, 0.3) is 0 Å². The molecule has 4 rings (SSSR count). The predicted octanol–water partition coefficient (Wildman–Crippen LogP) is 3.52. The number of hydrogen-bond donors (Lipinski definition) is 1. The van der Waals surface area contributed by atoms with Crippen LogP contribution in [0.2, 0.25) is 0 Å². The number of benzene rings is 1. The van der Waals surface area contributed by atoms with Crippen LogP contribution < -0.4 is 19.9 Å². The summed E-state index contributed by atoms with van der Waals surface area (Å²) >= 11 is 0. The van der Waals surface area contributed by atoms with E-state index in [2.05, 4.69) is 15.2 Å². The van der Waals surface area contributed by atoms with Gasteiger partial charge in [0, 0.05) is 13.1 Å². The van der Waals surface area contributed by atoms with Crippen molar-refractivity contribution in [2.24, 2.45) is 0 Å². The lowest BCUT2D eigenvalue weighted by Gasteiger charge is -2.43. The van der Waals surface area contributed by atoms with Crippen LogP contribution in [0.5, 0.6) is 5.75 Å². The maximum Gasteiger partial charge on any atom is 0.337 e. The SMILES string of the molecule is CC[C@@H]1C(=O)N(C)c2cnc(Nc3ccc(C(=O)OC)cc3OC)nc2N1C1CCCC1. The largest absolute Gasteiger partial charge is 0.495 e. The number of nitrogens with zero attached hydrogens (tertiary/aromatic N) is 4. The first-order valence-electron chi connectivity index (χ1n) is 10.9. The maximum atomic E-state index is 13.0. The van der Waals surface area contributed by atoms with E-state index in [-0.39, 0.29) is 11.9 Å². The fourth-order valence-corrected chi connectivity index (χ4v) is 4.60. The van der Waals surface area contributed by atoms with Crippen LogP contribution in [0.1, 0.15) is 49.4 Å². The lowest BCUT2D eigenvalue weighted by molar-refractivity contribution is -0.120. The predicted molar refractivity (Wildman–Crippen MR) is 122 cm³/mol. The van der Waals surface area contributed by atoms with Crippen LogP contribution in [-0.2, 0) is 9.53 Å². The van der Waals surface area contributed by atoms with E-state index >= 15 is 0 Å². The zero-order chi connectivity index (χ0) is 22.8. The molecule has 0 bridgehead atoms. The fourth-order valence-electron chi connectivity index (χ4n) is 4.60. The minimum absolute atomic E-state index is 0.0799. The van der Waals surface area contributed by atoms with Gasteiger partial charge in [0.1, 0.15) is 17.5 Å². The number of fused-ring (bicyclic) bond motifs is 1. The standard InChI is InChI=1S/C23H29N5O4/c1-5-17-21(29)27(2)18-13-24-23(26-20(18)28(17)15-8-6-7-9-15)25-16-11-10-14(22(30)32-4)12-19(16)31-3/h10-13,15,17H,5-9H2,1-4H3,(H,24,25,26)/t17-/m1/s1. The Morgan fingerprint density at radius 3 is 2.66 bits per heavy atom. The Kier molecular flexibility index (Phi) is 6.16. The summed E-state index contributed by atoms with van der Waals surface area (Å²) in [5.41, 5.74) is 1.73. The molecule has 1 aliphatic carbocycles. The summed E-state index contributed by atoms with van der Waals surface area (Å²) in [4.78, 5) is 38.0. The summed E-state index contributed by atoms with van der Waals surface area (Å²) in [5, 5.41) is 3.20. The van der Waals surface area contributed by atoms with Crippen molar-refractivity contribution >= 4 is 35.0 Å². The Hall–Kier alpha value is -3.36. The van der Waals surface area contributed by atoms with Gasteiger partial charge in [-0.2, -0.15) is 4.98 Å². The molecule has 1 aliphatic heterocycles. The highest BCUT2D eigenvalue weighted by Gasteiger charge is 2.41. The number of esters is 1. The summed E-state index contributed by atoms with van der Waals surface area (Å²) in [6, 6.07) is 5.06. The number of carbonyl (C=O) groups excluding carboxylic acids is 2. The Balaban J connectivity index is 1.70. The number of rotatable bonds is 6. The van der Waals surface area contributed by atoms with Crippen LogP contribution in [0.25, 0.3) is 0 Å². The van der Waals surface area contributed by atoms with E-state index in [1.807, 2.05) is 6.92 Å². The number of aromatic nitrogens is 2. The maximum absolute atomic E-state index is 13.0. The van der Waals surface area contributed by atoms with Crippen LogP contribution in [0.15, 0.2) is 24.4 Å². The fraction of sp³-hybridized carbons (Fsp3) is 0.478. The molecule has 32 heavy (non-hydrogen) atoms. The number of carbonyl (C=O) groups is 2. The Morgan fingerprint density at radius 2 is 2.00 bits per heavy atom. The van der Waals surface area contributed by atoms with Gasteiger partial charge in [0.15, 0.2) is 5.82 Å². The van der Waals surface area contributed by atoms with Gasteiger partial charge < -0.3 is 24.6 Å². The quantitative estimate of drug-likeness (QED) is 0.683. The molecular weight excluding hydrogens is 410 g/mol. The van der Waals surface area contributed by atoms with Gasteiger partial charge >= 0.3 is 5.97 Å². The Morgan fingerprint density at radius 1 is 1.25 bits per heavy atom. The second kappa shape index (κ2) is 9.02. The van der Waals surface area contributed by atoms with Crippen molar-refractivity contribution in [2.45, 2.75) is 51.1 Å². The van der Waals surface area contributed by atoms with Crippen LogP contribution >= 0.6 is 0 Å². The first-order valence-corrected chi connectivity index (χ1v) is 10.9. The molecule has 9 heteroatoms. The molecule has 1 saturated carbocycles. The molecule has 2 heterocycles. The highest BCUT2D eigenvalue weighted by atomic mass is 16.5. The number of hydrogen-bond acceptors (Lipinski definition) is 8. The third-order valence-corrected chi connectivity index (χ3v) is 6.28. The second-order valence-electron chi connectivity index (χ2n) is 8.10. The Bertz CT molecular complexity index is 1020. The molecule has 1 aromatic carbocycles. The number of nitrogens with one attached hydrogen (secondary N) is 1. The van der Waals surface area contributed by atoms with Gasteiger partial charge in [-0.15, -0.1) is 0 Å². The summed E-state index contributed by atoms with van der Waals surface area (Å²) in [7, 11) is 4.65. The first kappa shape index (κ1) is 21.9. The van der Waals surface area contributed by atoms with Gasteiger partial charge in [0.2, 0.25) is 11.9 Å². The molecule has 1 amide bonds. The van der Waals surface area contributed by atoms with Gasteiger partial charge in [-0.25, -0.2) is 9.78 Å². The molecule has 1 aromatic heterocycles. The molecule has 170 valence electrons. The number of ether oxygens (including phenoxy) is 2. The summed E-state index contributed by atoms with van der Waals surface area (Å²) in [6.45, 7) is 2.04. The molecule has 2 aromatic rings. The van der Waals surface area contributed by atoms with Crippen molar-refractivity contribution in [2.75, 3.05) is 36.4 Å². The molecule has 1 atom stereocenters. The van der Waals surface area contributed by atoms with Gasteiger partial charge in [0.05, 0.1) is 31.7 Å². The van der Waals surface area contributed by atoms with E-state index in [0.29, 0.717) is 41.1 Å². The van der Waals surface area contributed by atoms with E-state index < -0.39 is 5.97 Å². The molecule has 1 N–H and O–H groups in total. The zero-order valence-corrected chi connectivity index (χ0v) is 18.9. The summed E-state index contributed by atoms with van der Waals surface area (Å²) in [5.74, 6) is 1.28. The summed E-state index contributed by atoms with van der Waals surface area (Å²) in [6.07, 6.45) is 6.85. The van der Waals surface area contributed by atoms with Gasteiger partial charge in [-0.1, -0.05) is 19.8 Å². The van der Waals surface area contributed by atoms with Crippen LogP contribution in [0.3, 0.4) is 0 Å². The number of methoxy groups -OCH3 is 2. The third kappa shape index (κ3) is 3.83. The van der Waals surface area contributed by atoms with E-state index in [4.69, 9.17) is 14.5 Å². The molecule has 9 nitrogen and oxygen atoms in total. The molecule has 2 aliphatic rings. The molecule has 1 fully saturated rings. The van der Waals surface area contributed by atoms with Crippen LogP contribution in [0.4, 0.5) is 23.1 Å². The highest BCUT2D eigenvalue weighted by molar-refractivity contribution is 6.04. The molecule has 0 saturated heterocycles. The average molecular weight is 440 g/mol. The minimum Gasteiger partial charge on any atom is -0.495 e. The first-order chi connectivity index (χ1) is 15.5. The van der Waals surface area contributed by atoms with Crippen molar-refractivity contribution in [3.8, 4) is 5.75 Å². The van der Waals surface area contributed by atoms with E-state index in [0.717, 1.165) is 31.5 Å².